The second-order valence-electron chi connectivity index (χ2n) is 10.8. The summed E-state index contributed by atoms with van der Waals surface area (Å²) in [5, 5.41) is 10.3. The van der Waals surface area contributed by atoms with Crippen LogP contribution in [-0.2, 0) is 17.6 Å². The molecule has 0 saturated carbocycles. The average Bonchev–Trinajstić information content (AvgIpc) is 3.33. The minimum Gasteiger partial charge on any atom is -0.444 e. The molecule has 6 nitrogen and oxygen atoms in total. The molecule has 3 atom stereocenters. The highest BCUT2D eigenvalue weighted by atomic mass is 16.6. The number of nitrogens with zero attached hydrogens (tertiary/aromatic N) is 1. The van der Waals surface area contributed by atoms with Gasteiger partial charge in [-0.1, -0.05) is 66.7 Å². The van der Waals surface area contributed by atoms with Crippen molar-refractivity contribution in [3.8, 4) is 0 Å². The number of ether oxygens (including phenoxy) is 1. The van der Waals surface area contributed by atoms with E-state index in [9.17, 15) is 4.79 Å². The van der Waals surface area contributed by atoms with Gasteiger partial charge in [-0.2, -0.15) is 0 Å². The van der Waals surface area contributed by atoms with Gasteiger partial charge in [0.15, 0.2) is 0 Å². The summed E-state index contributed by atoms with van der Waals surface area (Å²) >= 11 is 0. The Balaban J connectivity index is 1.47. The van der Waals surface area contributed by atoms with Gasteiger partial charge in [0.05, 0.1) is 0 Å². The molecule has 2 heterocycles. The largest absolute Gasteiger partial charge is 0.444 e. The lowest BCUT2D eigenvalue weighted by molar-refractivity contribution is 0.0635. The van der Waals surface area contributed by atoms with Gasteiger partial charge in [-0.3, -0.25) is 5.32 Å². The molecule has 196 valence electrons. The molecular formula is C31H40N4O2. The van der Waals surface area contributed by atoms with Gasteiger partial charge in [-0.25, -0.2) is 9.78 Å². The highest BCUT2D eigenvalue weighted by Gasteiger charge is 2.35. The first-order valence-corrected chi connectivity index (χ1v) is 13.4. The molecule has 1 fully saturated rings. The van der Waals surface area contributed by atoms with E-state index in [4.69, 9.17) is 9.72 Å². The van der Waals surface area contributed by atoms with Crippen molar-refractivity contribution in [2.45, 2.75) is 57.6 Å². The molecule has 1 saturated heterocycles. The zero-order valence-corrected chi connectivity index (χ0v) is 22.2. The summed E-state index contributed by atoms with van der Waals surface area (Å²) in [7, 11) is 0. The average molecular weight is 501 g/mol. The van der Waals surface area contributed by atoms with Gasteiger partial charge in [-0.15, -0.1) is 0 Å². The molecule has 0 radical (unpaired) electrons. The predicted molar refractivity (Wildman–Crippen MR) is 150 cm³/mol. The number of hydrogen-bond acceptors (Lipinski definition) is 5. The smallest absolute Gasteiger partial charge is 0.413 e. The van der Waals surface area contributed by atoms with E-state index in [0.717, 1.165) is 44.6 Å². The zero-order chi connectivity index (χ0) is 26.1. The third kappa shape index (κ3) is 8.41. The Hall–Kier alpha value is -3.22. The van der Waals surface area contributed by atoms with E-state index >= 15 is 0 Å². The summed E-state index contributed by atoms with van der Waals surface area (Å²) in [5.74, 6) is 1.09. The van der Waals surface area contributed by atoms with Crippen molar-refractivity contribution >= 4 is 11.9 Å². The number of carbonyl (C=O) groups is 1. The summed E-state index contributed by atoms with van der Waals surface area (Å²) in [6, 6.07) is 27.5. The number of anilines is 1. The number of aryl methyl sites for hydroxylation is 1. The number of benzene rings is 2. The van der Waals surface area contributed by atoms with Gasteiger partial charge < -0.3 is 15.4 Å². The number of hydrogen-bond donors (Lipinski definition) is 3. The number of rotatable bonds is 10. The maximum atomic E-state index is 12.4. The van der Waals surface area contributed by atoms with Crippen LogP contribution in [0.15, 0.2) is 78.9 Å². The minimum absolute atomic E-state index is 0.199. The lowest BCUT2D eigenvalue weighted by atomic mass is 9.81. The van der Waals surface area contributed by atoms with Gasteiger partial charge in [-0.05, 0) is 75.8 Å². The lowest BCUT2D eigenvalue weighted by Gasteiger charge is -2.29. The summed E-state index contributed by atoms with van der Waals surface area (Å²) in [6.45, 7) is 8.41. The number of amides is 1. The Bertz CT molecular complexity index is 1110. The monoisotopic (exact) mass is 500 g/mol. The zero-order valence-electron chi connectivity index (χ0n) is 22.2. The van der Waals surface area contributed by atoms with Crippen molar-refractivity contribution in [2.24, 2.45) is 5.92 Å². The fourth-order valence-corrected chi connectivity index (χ4v) is 5.05. The quantitative estimate of drug-likeness (QED) is 0.318. The van der Waals surface area contributed by atoms with E-state index in [1.54, 1.807) is 0 Å². The van der Waals surface area contributed by atoms with Gasteiger partial charge in [0.2, 0.25) is 0 Å². The van der Waals surface area contributed by atoms with Crippen LogP contribution < -0.4 is 16.0 Å². The van der Waals surface area contributed by atoms with Crippen LogP contribution in [0, 0.1) is 5.92 Å². The SMILES string of the molecule is CC(C)(C)OC(=O)Nc1cccc(C(Cc2ccccc2)C2CNCC2NCCCc2ccccc2)n1. The predicted octanol–water partition coefficient (Wildman–Crippen LogP) is 5.57. The highest BCUT2D eigenvalue weighted by Crippen LogP contribution is 2.32. The second-order valence-corrected chi connectivity index (χ2v) is 10.8. The van der Waals surface area contributed by atoms with E-state index in [1.165, 1.54) is 11.1 Å². The molecule has 4 rings (SSSR count). The van der Waals surface area contributed by atoms with Crippen molar-refractivity contribution in [2.75, 3.05) is 25.0 Å². The number of aromatic nitrogens is 1. The van der Waals surface area contributed by atoms with Crippen LogP contribution in [-0.4, -0.2) is 42.4 Å². The second kappa shape index (κ2) is 12.8. The van der Waals surface area contributed by atoms with E-state index in [-0.39, 0.29) is 5.92 Å². The third-order valence-electron chi connectivity index (χ3n) is 6.75. The molecule has 0 bridgehead atoms. The first-order valence-electron chi connectivity index (χ1n) is 13.4. The maximum absolute atomic E-state index is 12.4. The van der Waals surface area contributed by atoms with Crippen LogP contribution in [0.5, 0.6) is 0 Å². The van der Waals surface area contributed by atoms with Crippen LogP contribution in [0.1, 0.15) is 49.9 Å². The fourth-order valence-electron chi connectivity index (χ4n) is 5.05. The Morgan fingerprint density at radius 2 is 1.68 bits per heavy atom. The molecule has 1 amide bonds. The third-order valence-corrected chi connectivity index (χ3v) is 6.75. The first kappa shape index (κ1) is 26.8. The number of nitrogens with one attached hydrogen (secondary N) is 3. The van der Waals surface area contributed by atoms with E-state index in [1.807, 2.05) is 32.9 Å². The summed E-state index contributed by atoms with van der Waals surface area (Å²) < 4.78 is 5.43. The van der Waals surface area contributed by atoms with Gasteiger partial charge >= 0.3 is 6.09 Å². The fraction of sp³-hybridized carbons (Fsp3) is 0.419. The summed E-state index contributed by atoms with van der Waals surface area (Å²) in [4.78, 5) is 17.3. The highest BCUT2D eigenvalue weighted by molar-refractivity contribution is 5.83. The molecule has 3 aromatic rings. The maximum Gasteiger partial charge on any atom is 0.413 e. The van der Waals surface area contributed by atoms with Crippen molar-refractivity contribution in [1.82, 2.24) is 15.6 Å². The molecule has 0 aliphatic carbocycles. The normalized spacial score (nSPS) is 18.4. The minimum atomic E-state index is -0.563. The van der Waals surface area contributed by atoms with Crippen LogP contribution in [0.25, 0.3) is 0 Å². The topological polar surface area (TPSA) is 75.3 Å². The molecule has 3 N–H and O–H groups in total. The first-order chi connectivity index (χ1) is 17.9. The van der Waals surface area contributed by atoms with Crippen molar-refractivity contribution < 1.29 is 9.53 Å². The van der Waals surface area contributed by atoms with Crippen LogP contribution >= 0.6 is 0 Å². The Morgan fingerprint density at radius 1 is 0.973 bits per heavy atom. The standard InChI is InChI=1S/C31H40N4O2/c1-31(2,3)37-30(36)35-29-18-10-17-27(34-29)25(20-24-14-8-5-9-15-24)26-21-32-22-28(26)33-19-11-16-23-12-6-4-7-13-23/h4-10,12-15,17-18,25-26,28,32-33H,11,16,19-22H2,1-3H3,(H,34,35,36). The van der Waals surface area contributed by atoms with E-state index < -0.39 is 11.7 Å². The molecule has 1 aromatic heterocycles. The lowest BCUT2D eigenvalue weighted by Crippen LogP contribution is -2.40. The molecule has 3 unspecified atom stereocenters. The number of carbonyl (C=O) groups excluding carboxylic acids is 1. The Labute approximate surface area is 221 Å². The van der Waals surface area contributed by atoms with Gasteiger partial charge in [0.1, 0.15) is 11.4 Å². The summed E-state index contributed by atoms with van der Waals surface area (Å²) in [5.41, 5.74) is 3.09. The van der Waals surface area contributed by atoms with E-state index in [0.29, 0.717) is 17.8 Å². The van der Waals surface area contributed by atoms with E-state index in [2.05, 4.69) is 82.7 Å². The Morgan fingerprint density at radius 3 is 2.38 bits per heavy atom. The van der Waals surface area contributed by atoms with Gasteiger partial charge in [0.25, 0.3) is 0 Å². The van der Waals surface area contributed by atoms with Crippen molar-refractivity contribution in [1.29, 1.82) is 0 Å². The molecule has 2 aromatic carbocycles. The van der Waals surface area contributed by atoms with Crippen LogP contribution in [0.4, 0.5) is 10.6 Å². The van der Waals surface area contributed by atoms with Crippen molar-refractivity contribution in [3.63, 3.8) is 0 Å². The molecule has 1 aliphatic heterocycles. The van der Waals surface area contributed by atoms with Crippen LogP contribution in [0.3, 0.4) is 0 Å². The molecular weight excluding hydrogens is 460 g/mol. The van der Waals surface area contributed by atoms with Crippen LogP contribution in [0.2, 0.25) is 0 Å². The summed E-state index contributed by atoms with van der Waals surface area (Å²) in [6.07, 6.45) is 2.58. The van der Waals surface area contributed by atoms with Gasteiger partial charge in [0, 0.05) is 30.7 Å². The number of pyridine rings is 1. The Kier molecular flexibility index (Phi) is 9.31. The molecule has 1 aliphatic rings. The van der Waals surface area contributed by atoms with Crippen molar-refractivity contribution in [3.05, 3.63) is 95.7 Å². The molecule has 6 heteroatoms. The molecule has 37 heavy (non-hydrogen) atoms. The molecule has 0 spiro atoms.